The van der Waals surface area contributed by atoms with Gasteiger partial charge in [0.15, 0.2) is 0 Å². The maximum atomic E-state index is 9.37. The summed E-state index contributed by atoms with van der Waals surface area (Å²) in [6.45, 7) is 8.69. The van der Waals surface area contributed by atoms with Gasteiger partial charge in [-0.3, -0.25) is 0 Å². The summed E-state index contributed by atoms with van der Waals surface area (Å²) in [5.74, 6) is 0.393. The molecular weight excluding hydrogens is 172 g/mol. The topological polar surface area (TPSA) is 20.2 Å². The summed E-state index contributed by atoms with van der Waals surface area (Å²) in [5.41, 5.74) is 2.66. The van der Waals surface area contributed by atoms with Gasteiger partial charge in [0.05, 0.1) is 0 Å². The maximum Gasteiger partial charge on any atom is 0.118 e. The lowest BCUT2D eigenvalue weighted by molar-refractivity contribution is 0.378. The normalized spacial score (nSPS) is 11.7. The molecule has 0 aromatic heterocycles. The largest absolute Gasteiger partial charge is 0.508 e. The van der Waals surface area contributed by atoms with Crippen LogP contribution in [-0.4, -0.2) is 5.11 Å². The molecular formula is C13H20O. The molecule has 0 unspecified atom stereocenters. The third-order valence-electron chi connectivity index (χ3n) is 2.42. The van der Waals surface area contributed by atoms with Crippen LogP contribution in [0.4, 0.5) is 0 Å². The van der Waals surface area contributed by atoms with Gasteiger partial charge in [-0.15, -0.1) is 0 Å². The molecule has 0 amide bonds. The highest BCUT2D eigenvalue weighted by Crippen LogP contribution is 2.23. The summed E-state index contributed by atoms with van der Waals surface area (Å²) in [5, 5.41) is 9.37. The van der Waals surface area contributed by atoms with Crippen molar-refractivity contribution in [1.29, 1.82) is 0 Å². The SMILES string of the molecule is Cc1cc(CCC(C)(C)C)ccc1O. The predicted octanol–water partition coefficient (Wildman–Crippen LogP) is 3.68. The van der Waals surface area contributed by atoms with Crippen molar-refractivity contribution in [2.45, 2.75) is 40.5 Å². The molecule has 1 nitrogen and oxygen atoms in total. The second-order valence-corrected chi connectivity index (χ2v) is 5.18. The first-order chi connectivity index (χ1) is 6.38. The van der Waals surface area contributed by atoms with Crippen LogP contribution >= 0.6 is 0 Å². The summed E-state index contributed by atoms with van der Waals surface area (Å²) in [7, 11) is 0. The van der Waals surface area contributed by atoms with Gasteiger partial charge in [0.1, 0.15) is 5.75 Å². The van der Waals surface area contributed by atoms with Crippen molar-refractivity contribution < 1.29 is 5.11 Å². The lowest BCUT2D eigenvalue weighted by Crippen LogP contribution is -2.06. The van der Waals surface area contributed by atoms with E-state index in [-0.39, 0.29) is 0 Å². The van der Waals surface area contributed by atoms with Gasteiger partial charge >= 0.3 is 0 Å². The van der Waals surface area contributed by atoms with Crippen LogP contribution in [0.3, 0.4) is 0 Å². The highest BCUT2D eigenvalue weighted by molar-refractivity contribution is 5.34. The van der Waals surface area contributed by atoms with Gasteiger partial charge in [0, 0.05) is 0 Å². The van der Waals surface area contributed by atoms with E-state index < -0.39 is 0 Å². The average Bonchev–Trinajstić information content (AvgIpc) is 2.06. The zero-order valence-electron chi connectivity index (χ0n) is 9.59. The first-order valence-electron chi connectivity index (χ1n) is 5.17. The van der Waals surface area contributed by atoms with Crippen LogP contribution in [-0.2, 0) is 6.42 Å². The zero-order chi connectivity index (χ0) is 10.8. The number of phenols is 1. The molecule has 14 heavy (non-hydrogen) atoms. The average molecular weight is 192 g/mol. The van der Waals surface area contributed by atoms with Crippen LogP contribution in [0.1, 0.15) is 38.3 Å². The number of hydrogen-bond donors (Lipinski definition) is 1. The third-order valence-corrected chi connectivity index (χ3v) is 2.42. The fourth-order valence-electron chi connectivity index (χ4n) is 1.39. The van der Waals surface area contributed by atoms with Crippen LogP contribution in [0.2, 0.25) is 0 Å². The van der Waals surface area contributed by atoms with Gasteiger partial charge in [-0.25, -0.2) is 0 Å². The molecule has 0 spiro atoms. The van der Waals surface area contributed by atoms with Gasteiger partial charge in [-0.2, -0.15) is 0 Å². The Labute approximate surface area is 86.8 Å². The molecule has 78 valence electrons. The van der Waals surface area contributed by atoms with Crippen molar-refractivity contribution in [2.24, 2.45) is 5.41 Å². The number of aryl methyl sites for hydroxylation is 2. The van der Waals surface area contributed by atoms with Gasteiger partial charge < -0.3 is 5.11 Å². The van der Waals surface area contributed by atoms with E-state index in [4.69, 9.17) is 0 Å². The van der Waals surface area contributed by atoms with Crippen molar-refractivity contribution >= 4 is 0 Å². The lowest BCUT2D eigenvalue weighted by atomic mass is 9.88. The molecule has 1 heteroatoms. The molecule has 1 aromatic rings. The second kappa shape index (κ2) is 4.04. The highest BCUT2D eigenvalue weighted by atomic mass is 16.3. The first kappa shape index (κ1) is 11.1. The molecule has 0 atom stereocenters. The number of aromatic hydroxyl groups is 1. The molecule has 1 rings (SSSR count). The van der Waals surface area contributed by atoms with Gasteiger partial charge in [-0.05, 0) is 42.4 Å². The maximum absolute atomic E-state index is 9.37. The summed E-state index contributed by atoms with van der Waals surface area (Å²) in [4.78, 5) is 0. The molecule has 0 bridgehead atoms. The number of benzene rings is 1. The Hall–Kier alpha value is -0.980. The first-order valence-corrected chi connectivity index (χ1v) is 5.17. The monoisotopic (exact) mass is 192 g/mol. The van der Waals surface area contributed by atoms with Crippen LogP contribution < -0.4 is 0 Å². The molecule has 0 saturated heterocycles. The van der Waals surface area contributed by atoms with Crippen LogP contribution in [0.25, 0.3) is 0 Å². The number of hydrogen-bond acceptors (Lipinski definition) is 1. The zero-order valence-corrected chi connectivity index (χ0v) is 9.59. The Kier molecular flexibility index (Phi) is 3.20. The van der Waals surface area contributed by atoms with E-state index in [0.29, 0.717) is 11.2 Å². The highest BCUT2D eigenvalue weighted by Gasteiger charge is 2.10. The minimum atomic E-state index is 0.381. The Morgan fingerprint density at radius 2 is 1.86 bits per heavy atom. The fourth-order valence-corrected chi connectivity index (χ4v) is 1.39. The molecule has 0 fully saturated rings. The van der Waals surface area contributed by atoms with Crippen molar-refractivity contribution in [3.05, 3.63) is 29.3 Å². The molecule has 0 heterocycles. The molecule has 0 saturated carbocycles. The minimum Gasteiger partial charge on any atom is -0.508 e. The van der Waals surface area contributed by atoms with E-state index >= 15 is 0 Å². The quantitative estimate of drug-likeness (QED) is 0.757. The van der Waals surface area contributed by atoms with Crippen molar-refractivity contribution in [1.82, 2.24) is 0 Å². The number of phenolic OH excluding ortho intramolecular Hbond substituents is 1. The molecule has 0 radical (unpaired) electrons. The van der Waals surface area contributed by atoms with Crippen molar-refractivity contribution in [2.75, 3.05) is 0 Å². The minimum absolute atomic E-state index is 0.381. The van der Waals surface area contributed by atoms with E-state index in [2.05, 4.69) is 26.8 Å². The van der Waals surface area contributed by atoms with Gasteiger partial charge in [0.25, 0.3) is 0 Å². The van der Waals surface area contributed by atoms with Crippen LogP contribution in [0, 0.1) is 12.3 Å². The molecule has 0 aliphatic heterocycles. The Bertz CT molecular complexity index is 308. The summed E-state index contributed by atoms with van der Waals surface area (Å²) in [6, 6.07) is 5.86. The van der Waals surface area contributed by atoms with E-state index in [0.717, 1.165) is 12.0 Å². The Morgan fingerprint density at radius 3 is 2.36 bits per heavy atom. The summed E-state index contributed by atoms with van der Waals surface area (Å²) in [6.07, 6.45) is 2.27. The standard InChI is InChI=1S/C13H20O/c1-10-9-11(5-6-12(10)14)7-8-13(2,3)4/h5-6,9,14H,7-8H2,1-4H3. The molecule has 0 aliphatic rings. The van der Waals surface area contributed by atoms with Gasteiger partial charge in [0.2, 0.25) is 0 Å². The van der Waals surface area contributed by atoms with E-state index in [9.17, 15) is 5.11 Å². The Morgan fingerprint density at radius 1 is 1.21 bits per heavy atom. The second-order valence-electron chi connectivity index (χ2n) is 5.18. The predicted molar refractivity (Wildman–Crippen MR) is 60.6 cm³/mol. The third kappa shape index (κ3) is 3.41. The van der Waals surface area contributed by atoms with Crippen LogP contribution in [0.5, 0.6) is 5.75 Å². The summed E-state index contributed by atoms with van der Waals surface area (Å²) >= 11 is 0. The fraction of sp³-hybridized carbons (Fsp3) is 0.538. The van der Waals surface area contributed by atoms with Gasteiger partial charge in [-0.1, -0.05) is 32.9 Å². The number of rotatable bonds is 2. The van der Waals surface area contributed by atoms with Crippen molar-refractivity contribution in [3.63, 3.8) is 0 Å². The van der Waals surface area contributed by atoms with Crippen molar-refractivity contribution in [3.8, 4) is 5.75 Å². The molecule has 1 N–H and O–H groups in total. The molecule has 0 aliphatic carbocycles. The summed E-state index contributed by atoms with van der Waals surface area (Å²) < 4.78 is 0. The van der Waals surface area contributed by atoms with E-state index in [1.165, 1.54) is 12.0 Å². The van der Waals surface area contributed by atoms with Crippen LogP contribution in [0.15, 0.2) is 18.2 Å². The Balaban J connectivity index is 2.65. The van der Waals surface area contributed by atoms with E-state index in [1.807, 2.05) is 13.0 Å². The lowest BCUT2D eigenvalue weighted by Gasteiger charge is -2.17. The molecule has 1 aromatic carbocycles. The smallest absolute Gasteiger partial charge is 0.118 e. The van der Waals surface area contributed by atoms with E-state index in [1.54, 1.807) is 6.07 Å².